The Morgan fingerprint density at radius 1 is 1.41 bits per heavy atom. The normalized spacial score (nSPS) is 12.8. The Balaban J connectivity index is 2.48. The highest BCUT2D eigenvalue weighted by Gasteiger charge is 2.11. The third-order valence-electron chi connectivity index (χ3n) is 2.03. The summed E-state index contributed by atoms with van der Waals surface area (Å²) >= 11 is 0. The van der Waals surface area contributed by atoms with E-state index in [2.05, 4.69) is 0 Å². The van der Waals surface area contributed by atoms with E-state index >= 15 is 0 Å². The van der Waals surface area contributed by atoms with Crippen molar-refractivity contribution in [2.24, 2.45) is 11.1 Å². The first kappa shape index (κ1) is 13.5. The van der Waals surface area contributed by atoms with Crippen LogP contribution < -0.4 is 9.88 Å². The molecule has 1 unspecified atom stereocenters. The number of nitrogens with zero attached hydrogens (tertiary/aromatic N) is 1. The highest BCUT2D eigenvalue weighted by molar-refractivity contribution is 7.89. The zero-order valence-electron chi connectivity index (χ0n) is 9.46. The van der Waals surface area contributed by atoms with Gasteiger partial charge >= 0.3 is 0 Å². The van der Waals surface area contributed by atoms with Crippen LogP contribution in [0.4, 0.5) is 0 Å². The molecule has 0 saturated heterocycles. The minimum atomic E-state index is -3.46. The molecule has 1 aromatic rings. The van der Waals surface area contributed by atoms with Crippen molar-refractivity contribution in [3.8, 4) is 11.8 Å². The van der Waals surface area contributed by atoms with Gasteiger partial charge in [0.25, 0.3) is 0 Å². The van der Waals surface area contributed by atoms with Crippen LogP contribution in [0.15, 0.2) is 24.3 Å². The van der Waals surface area contributed by atoms with Crippen molar-refractivity contribution in [3.63, 3.8) is 0 Å². The summed E-state index contributed by atoms with van der Waals surface area (Å²) in [5.74, 6) is 0.314. The van der Waals surface area contributed by atoms with Crippen LogP contribution in [-0.4, -0.2) is 20.8 Å². The second-order valence-electron chi connectivity index (χ2n) is 3.88. The van der Waals surface area contributed by atoms with Crippen molar-refractivity contribution in [1.29, 1.82) is 5.26 Å². The molecule has 0 aliphatic rings. The lowest BCUT2D eigenvalue weighted by Crippen LogP contribution is -2.25. The number of primary sulfonamides is 1. The molecule has 0 fully saturated rings. The zero-order valence-corrected chi connectivity index (χ0v) is 10.3. The van der Waals surface area contributed by atoms with Crippen LogP contribution in [0.5, 0.6) is 5.75 Å². The molecule has 2 N–H and O–H groups in total. The quantitative estimate of drug-likeness (QED) is 0.843. The van der Waals surface area contributed by atoms with Crippen LogP contribution in [-0.2, 0) is 10.0 Å². The minimum absolute atomic E-state index is 0.108. The fraction of sp³-hybridized carbons (Fsp3) is 0.364. The largest absolute Gasteiger partial charge is 0.493 e. The Hall–Kier alpha value is -1.58. The topological polar surface area (TPSA) is 93.2 Å². The molecule has 0 heterocycles. The average Bonchev–Trinajstić information content (AvgIpc) is 2.25. The Morgan fingerprint density at radius 2 is 2.00 bits per heavy atom. The maximum atomic E-state index is 10.8. The van der Waals surface area contributed by atoms with Gasteiger partial charge in [0.1, 0.15) is 5.75 Å². The van der Waals surface area contributed by atoms with Crippen molar-refractivity contribution in [2.75, 3.05) is 12.4 Å². The molecule has 0 bridgehead atoms. The summed E-state index contributed by atoms with van der Waals surface area (Å²) in [7, 11) is -3.46. The molecule has 0 amide bonds. The van der Waals surface area contributed by atoms with Gasteiger partial charge in [0.15, 0.2) is 0 Å². The molecule has 0 aliphatic heterocycles. The van der Waals surface area contributed by atoms with E-state index in [0.29, 0.717) is 11.3 Å². The van der Waals surface area contributed by atoms with Gasteiger partial charge in [0.2, 0.25) is 10.0 Å². The lowest BCUT2D eigenvalue weighted by Gasteiger charge is -2.11. The number of hydrogen-bond acceptors (Lipinski definition) is 4. The molecule has 0 radical (unpaired) electrons. The van der Waals surface area contributed by atoms with E-state index in [4.69, 9.17) is 15.1 Å². The number of benzene rings is 1. The molecule has 17 heavy (non-hydrogen) atoms. The molecule has 0 spiro atoms. The van der Waals surface area contributed by atoms with E-state index in [9.17, 15) is 8.42 Å². The third-order valence-corrected chi connectivity index (χ3v) is 3.07. The van der Waals surface area contributed by atoms with Crippen LogP contribution in [0.2, 0.25) is 0 Å². The van der Waals surface area contributed by atoms with Gasteiger partial charge in [-0.2, -0.15) is 5.26 Å². The smallest absolute Gasteiger partial charge is 0.209 e. The van der Waals surface area contributed by atoms with Crippen LogP contribution in [0.25, 0.3) is 0 Å². The highest BCUT2D eigenvalue weighted by Crippen LogP contribution is 2.12. The summed E-state index contributed by atoms with van der Waals surface area (Å²) in [5, 5.41) is 13.5. The van der Waals surface area contributed by atoms with Crippen molar-refractivity contribution < 1.29 is 13.2 Å². The third kappa shape index (κ3) is 5.33. The molecule has 6 heteroatoms. The number of hydrogen-bond donors (Lipinski definition) is 1. The molecule has 0 aliphatic carbocycles. The van der Waals surface area contributed by atoms with Crippen molar-refractivity contribution in [2.45, 2.75) is 6.92 Å². The van der Waals surface area contributed by atoms with E-state index < -0.39 is 10.0 Å². The number of rotatable bonds is 5. The van der Waals surface area contributed by atoms with Gasteiger partial charge in [-0.25, -0.2) is 13.6 Å². The lowest BCUT2D eigenvalue weighted by molar-refractivity contribution is 0.272. The van der Waals surface area contributed by atoms with Gasteiger partial charge < -0.3 is 4.74 Å². The van der Waals surface area contributed by atoms with E-state index in [1.54, 1.807) is 31.2 Å². The molecule has 0 aromatic heterocycles. The van der Waals surface area contributed by atoms with E-state index in [-0.39, 0.29) is 18.3 Å². The van der Waals surface area contributed by atoms with Crippen LogP contribution in [0.1, 0.15) is 12.5 Å². The molecule has 5 nitrogen and oxygen atoms in total. The summed E-state index contributed by atoms with van der Waals surface area (Å²) in [6.45, 7) is 2.01. The predicted octanol–water partition coefficient (Wildman–Crippen LogP) is 0.862. The monoisotopic (exact) mass is 254 g/mol. The van der Waals surface area contributed by atoms with Gasteiger partial charge in [-0.05, 0) is 24.3 Å². The van der Waals surface area contributed by atoms with Crippen molar-refractivity contribution in [1.82, 2.24) is 0 Å². The van der Waals surface area contributed by atoms with Crippen molar-refractivity contribution >= 4 is 10.0 Å². The first-order valence-electron chi connectivity index (χ1n) is 5.04. The Morgan fingerprint density at radius 3 is 2.47 bits per heavy atom. The molecular formula is C11H14N2O3S. The minimum Gasteiger partial charge on any atom is -0.493 e. The number of sulfonamides is 1. The SMILES string of the molecule is CC(COc1ccc(C#N)cc1)CS(N)(=O)=O. The van der Waals surface area contributed by atoms with Crippen LogP contribution in [0, 0.1) is 17.2 Å². The second kappa shape index (κ2) is 5.66. The Kier molecular flexibility index (Phi) is 4.49. The summed E-state index contributed by atoms with van der Waals surface area (Å²) in [5.41, 5.74) is 0.551. The Bertz CT molecular complexity index is 503. The maximum absolute atomic E-state index is 10.8. The molecule has 1 aromatic carbocycles. The van der Waals surface area contributed by atoms with Gasteiger partial charge in [0, 0.05) is 5.92 Å². The van der Waals surface area contributed by atoms with E-state index in [0.717, 1.165) is 0 Å². The van der Waals surface area contributed by atoms with Crippen LogP contribution in [0.3, 0.4) is 0 Å². The lowest BCUT2D eigenvalue weighted by atomic mass is 10.2. The highest BCUT2D eigenvalue weighted by atomic mass is 32.2. The zero-order chi connectivity index (χ0) is 12.9. The summed E-state index contributed by atoms with van der Waals surface area (Å²) in [4.78, 5) is 0. The van der Waals surface area contributed by atoms with E-state index in [1.807, 2.05) is 6.07 Å². The van der Waals surface area contributed by atoms with E-state index in [1.165, 1.54) is 0 Å². The number of ether oxygens (including phenoxy) is 1. The number of nitriles is 1. The fourth-order valence-electron chi connectivity index (χ4n) is 1.31. The molecule has 0 saturated carbocycles. The molecular weight excluding hydrogens is 240 g/mol. The van der Waals surface area contributed by atoms with Crippen LogP contribution >= 0.6 is 0 Å². The molecule has 1 rings (SSSR count). The fourth-order valence-corrected chi connectivity index (χ4v) is 2.20. The average molecular weight is 254 g/mol. The summed E-state index contributed by atoms with van der Waals surface area (Å²) in [6.07, 6.45) is 0. The standard InChI is InChI=1S/C11H14N2O3S/c1-9(8-17(13,14)15)7-16-11-4-2-10(6-12)3-5-11/h2-5,9H,7-8H2,1H3,(H2,13,14,15). The number of nitrogens with two attached hydrogens (primary N) is 1. The summed E-state index contributed by atoms with van der Waals surface area (Å²) < 4.78 is 27.0. The van der Waals surface area contributed by atoms with Crippen molar-refractivity contribution in [3.05, 3.63) is 29.8 Å². The van der Waals surface area contributed by atoms with Gasteiger partial charge in [-0.1, -0.05) is 6.92 Å². The van der Waals surface area contributed by atoms with Gasteiger partial charge in [-0.3, -0.25) is 0 Å². The maximum Gasteiger partial charge on any atom is 0.209 e. The second-order valence-corrected chi connectivity index (χ2v) is 5.54. The Labute approximate surface area is 101 Å². The molecule has 1 atom stereocenters. The summed E-state index contributed by atoms with van der Waals surface area (Å²) in [6, 6.07) is 8.61. The first-order valence-corrected chi connectivity index (χ1v) is 6.75. The van der Waals surface area contributed by atoms with Gasteiger partial charge in [0.05, 0.1) is 24.0 Å². The van der Waals surface area contributed by atoms with Gasteiger partial charge in [-0.15, -0.1) is 0 Å². The predicted molar refractivity (Wildman–Crippen MR) is 63.8 cm³/mol. The molecule has 92 valence electrons. The first-order chi connectivity index (χ1) is 7.90.